The zero-order valence-electron chi connectivity index (χ0n) is 10.9. The fraction of sp³-hybridized carbons (Fsp3) is 0.462. The molecular formula is C13H20ClN2O+. The molecule has 17 heavy (non-hydrogen) atoms. The van der Waals surface area contributed by atoms with Crippen LogP contribution >= 0.6 is 11.6 Å². The third-order valence-corrected chi connectivity index (χ3v) is 3.55. The van der Waals surface area contributed by atoms with Crippen molar-refractivity contribution in [3.63, 3.8) is 0 Å². The normalized spacial score (nSPS) is 11.4. The topological polar surface area (TPSA) is 29.1 Å². The van der Waals surface area contributed by atoms with Gasteiger partial charge in [-0.25, -0.2) is 9.28 Å². The fourth-order valence-electron chi connectivity index (χ4n) is 1.53. The van der Waals surface area contributed by atoms with Crippen molar-refractivity contribution in [1.82, 2.24) is 0 Å². The summed E-state index contributed by atoms with van der Waals surface area (Å²) in [6, 6.07) is 5.48. The Morgan fingerprint density at radius 2 is 1.94 bits per heavy atom. The number of hydrogen-bond acceptors (Lipinski definition) is 1. The number of rotatable bonds is 3. The molecule has 0 fully saturated rings. The number of nitrogens with zero attached hydrogens (tertiary/aromatic N) is 1. The van der Waals surface area contributed by atoms with Gasteiger partial charge in [0.25, 0.3) is 0 Å². The lowest BCUT2D eigenvalue weighted by Crippen LogP contribution is -2.51. The molecular weight excluding hydrogens is 236 g/mol. The van der Waals surface area contributed by atoms with Gasteiger partial charge < -0.3 is 0 Å². The highest BCUT2D eigenvalue weighted by Crippen LogP contribution is 2.20. The number of benzene rings is 1. The van der Waals surface area contributed by atoms with E-state index in [2.05, 4.69) is 5.32 Å². The Morgan fingerprint density at radius 3 is 2.41 bits per heavy atom. The summed E-state index contributed by atoms with van der Waals surface area (Å²) in [6.45, 7) is 7.50. The van der Waals surface area contributed by atoms with Crippen LogP contribution in [0.5, 0.6) is 0 Å². The largest absolute Gasteiger partial charge is 0.420 e. The predicted molar refractivity (Wildman–Crippen MR) is 72.5 cm³/mol. The molecule has 0 aliphatic heterocycles. The molecule has 1 N–H and O–H groups in total. The first kappa shape index (κ1) is 14.0. The smallest absolute Gasteiger partial charge is 0.275 e. The Morgan fingerprint density at radius 1 is 1.35 bits per heavy atom. The lowest BCUT2D eigenvalue weighted by Gasteiger charge is -2.28. The van der Waals surface area contributed by atoms with E-state index in [1.54, 1.807) is 6.07 Å². The molecule has 0 radical (unpaired) electrons. The van der Waals surface area contributed by atoms with E-state index < -0.39 is 0 Å². The number of carbonyl (C=O) groups is 1. The maximum Gasteiger partial charge on any atom is 0.420 e. The molecule has 0 unspecified atom stereocenters. The van der Waals surface area contributed by atoms with Crippen LogP contribution in [0, 0.1) is 6.92 Å². The summed E-state index contributed by atoms with van der Waals surface area (Å²) in [5, 5.41) is 3.64. The molecule has 0 aliphatic carbocycles. The molecule has 0 bridgehead atoms. The molecule has 0 atom stereocenters. The first-order chi connectivity index (χ1) is 7.92. The summed E-state index contributed by atoms with van der Waals surface area (Å²) in [5.74, 6) is 0. The molecule has 0 saturated carbocycles. The number of quaternary nitrogens is 1. The minimum absolute atomic E-state index is 0.0143. The van der Waals surface area contributed by atoms with E-state index >= 15 is 0 Å². The second-order valence-corrected chi connectivity index (χ2v) is 4.85. The van der Waals surface area contributed by atoms with E-state index in [1.807, 2.05) is 40.0 Å². The van der Waals surface area contributed by atoms with Crippen LogP contribution in [0.1, 0.15) is 19.4 Å². The van der Waals surface area contributed by atoms with E-state index in [0.29, 0.717) is 9.51 Å². The van der Waals surface area contributed by atoms with Crippen LogP contribution in [0.25, 0.3) is 0 Å². The standard InChI is InChI=1S/C13H19ClN2O/c1-5-16(4,6-2)13(17)15-12-8-7-11(14)9-10(12)3/h7-9H,5-6H2,1-4H3/p+1. The number of hydrogen-bond donors (Lipinski definition) is 1. The van der Waals surface area contributed by atoms with Crippen molar-refractivity contribution in [2.75, 3.05) is 25.5 Å². The van der Waals surface area contributed by atoms with Gasteiger partial charge in [0, 0.05) is 10.7 Å². The van der Waals surface area contributed by atoms with Crippen LogP contribution in [0.3, 0.4) is 0 Å². The van der Waals surface area contributed by atoms with Crippen molar-refractivity contribution in [3.8, 4) is 0 Å². The summed E-state index contributed by atoms with van der Waals surface area (Å²) in [6.07, 6.45) is 0. The molecule has 94 valence electrons. The monoisotopic (exact) mass is 255 g/mol. The zero-order chi connectivity index (χ0) is 13.1. The van der Waals surface area contributed by atoms with Crippen LogP contribution in [-0.2, 0) is 0 Å². The molecule has 1 aromatic rings. The summed E-state index contributed by atoms with van der Waals surface area (Å²) >= 11 is 5.88. The lowest BCUT2D eigenvalue weighted by atomic mass is 10.2. The van der Waals surface area contributed by atoms with Crippen LogP contribution in [0.15, 0.2) is 18.2 Å². The number of halogens is 1. The Hall–Kier alpha value is -1.06. The van der Waals surface area contributed by atoms with Crippen molar-refractivity contribution in [3.05, 3.63) is 28.8 Å². The van der Waals surface area contributed by atoms with Gasteiger partial charge in [0.05, 0.1) is 20.1 Å². The highest BCUT2D eigenvalue weighted by molar-refractivity contribution is 6.30. The van der Waals surface area contributed by atoms with Crippen LogP contribution in [0.2, 0.25) is 5.02 Å². The molecule has 1 aromatic carbocycles. The molecule has 2 amide bonds. The predicted octanol–water partition coefficient (Wildman–Crippen LogP) is 3.67. The molecule has 1 rings (SSSR count). The third kappa shape index (κ3) is 3.20. The highest BCUT2D eigenvalue weighted by atomic mass is 35.5. The van der Waals surface area contributed by atoms with Crippen LogP contribution in [0.4, 0.5) is 10.5 Å². The van der Waals surface area contributed by atoms with Crippen molar-refractivity contribution in [1.29, 1.82) is 0 Å². The van der Waals surface area contributed by atoms with E-state index in [1.165, 1.54) is 0 Å². The number of nitrogens with one attached hydrogen (secondary N) is 1. The van der Waals surface area contributed by atoms with E-state index in [9.17, 15) is 4.79 Å². The van der Waals surface area contributed by atoms with Crippen LogP contribution in [-0.4, -0.2) is 30.7 Å². The Labute approximate surface area is 108 Å². The average molecular weight is 256 g/mol. The Balaban J connectivity index is 2.88. The second-order valence-electron chi connectivity index (χ2n) is 4.42. The number of carbonyl (C=O) groups excluding carboxylic acids is 1. The molecule has 0 heterocycles. The first-order valence-corrected chi connectivity index (χ1v) is 6.23. The minimum atomic E-state index is 0.0143. The van der Waals surface area contributed by atoms with Crippen molar-refractivity contribution in [2.45, 2.75) is 20.8 Å². The average Bonchev–Trinajstić information content (AvgIpc) is 2.31. The van der Waals surface area contributed by atoms with Crippen LogP contribution < -0.4 is 5.32 Å². The van der Waals surface area contributed by atoms with Crippen molar-refractivity contribution < 1.29 is 9.28 Å². The number of anilines is 1. The summed E-state index contributed by atoms with van der Waals surface area (Å²) < 4.78 is 0.377. The van der Waals surface area contributed by atoms with Gasteiger partial charge >= 0.3 is 6.03 Å². The van der Waals surface area contributed by atoms with Gasteiger partial charge in [-0.05, 0) is 44.5 Å². The number of urea groups is 1. The van der Waals surface area contributed by atoms with Gasteiger partial charge in [0.1, 0.15) is 0 Å². The molecule has 0 aliphatic rings. The maximum absolute atomic E-state index is 12.2. The van der Waals surface area contributed by atoms with Crippen molar-refractivity contribution >= 4 is 23.3 Å². The summed E-state index contributed by atoms with van der Waals surface area (Å²) in [5.41, 5.74) is 1.80. The van der Waals surface area contributed by atoms with Gasteiger partial charge in [-0.2, -0.15) is 0 Å². The Bertz CT molecular complexity index is 414. The summed E-state index contributed by atoms with van der Waals surface area (Å²) in [4.78, 5) is 12.2. The minimum Gasteiger partial charge on any atom is -0.275 e. The molecule has 3 nitrogen and oxygen atoms in total. The fourth-order valence-corrected chi connectivity index (χ4v) is 1.75. The lowest BCUT2D eigenvalue weighted by molar-refractivity contribution is -0.823. The van der Waals surface area contributed by atoms with Gasteiger partial charge in [-0.1, -0.05) is 11.6 Å². The van der Waals surface area contributed by atoms with E-state index in [-0.39, 0.29) is 6.03 Å². The van der Waals surface area contributed by atoms with Crippen molar-refractivity contribution in [2.24, 2.45) is 0 Å². The maximum atomic E-state index is 12.2. The van der Waals surface area contributed by atoms with Gasteiger partial charge in [0.2, 0.25) is 0 Å². The number of aryl methyl sites for hydroxylation is 1. The Kier molecular flexibility index (Phi) is 4.54. The molecule has 0 aromatic heterocycles. The zero-order valence-corrected chi connectivity index (χ0v) is 11.6. The highest BCUT2D eigenvalue weighted by Gasteiger charge is 2.28. The third-order valence-electron chi connectivity index (χ3n) is 3.32. The number of amides is 2. The second kappa shape index (κ2) is 5.52. The quantitative estimate of drug-likeness (QED) is 0.821. The first-order valence-electron chi connectivity index (χ1n) is 5.85. The van der Waals surface area contributed by atoms with Gasteiger partial charge in [-0.15, -0.1) is 0 Å². The van der Waals surface area contributed by atoms with Gasteiger partial charge in [0.15, 0.2) is 0 Å². The SMILES string of the molecule is CC[N+](C)(CC)C(=O)Nc1ccc(Cl)cc1C. The molecule has 0 saturated heterocycles. The molecule has 4 heteroatoms. The van der Waals surface area contributed by atoms with E-state index in [0.717, 1.165) is 24.3 Å². The van der Waals surface area contributed by atoms with E-state index in [4.69, 9.17) is 11.6 Å². The summed E-state index contributed by atoms with van der Waals surface area (Å²) in [7, 11) is 1.93. The van der Waals surface area contributed by atoms with Gasteiger partial charge in [-0.3, -0.25) is 5.32 Å². The molecule has 0 spiro atoms.